The molecule has 4 saturated heterocycles. The quantitative estimate of drug-likeness (QED) is 0.0483. The Balaban J connectivity index is 0.000000154. The number of para-hydroxylation sites is 2. The van der Waals surface area contributed by atoms with Gasteiger partial charge in [-0.3, -0.25) is 9.97 Å². The van der Waals surface area contributed by atoms with E-state index in [1.54, 1.807) is 28.4 Å². The highest BCUT2D eigenvalue weighted by Crippen LogP contribution is 2.52. The van der Waals surface area contributed by atoms with Crippen molar-refractivity contribution in [3.8, 4) is 46.0 Å². The van der Waals surface area contributed by atoms with Gasteiger partial charge >= 0.3 is 12.2 Å². The van der Waals surface area contributed by atoms with Crippen LogP contribution in [0.3, 0.4) is 0 Å². The molecule has 10 aromatic carbocycles. The van der Waals surface area contributed by atoms with Crippen molar-refractivity contribution in [1.29, 1.82) is 0 Å². The van der Waals surface area contributed by atoms with Gasteiger partial charge in [-0.25, -0.2) is 9.59 Å². The van der Waals surface area contributed by atoms with Gasteiger partial charge in [0.1, 0.15) is 83.6 Å². The molecule has 1 N–H and O–H groups in total. The van der Waals surface area contributed by atoms with Crippen LogP contribution in [0.5, 0.6) is 46.0 Å². The molecule has 0 aliphatic carbocycles. The number of halogens is 1. The number of ether oxygens (including phenoxy) is 9. The third-order valence-electron chi connectivity index (χ3n) is 23.5. The third kappa shape index (κ3) is 27.9. The predicted molar refractivity (Wildman–Crippen MR) is 534 cm³/mol. The molecule has 2 amide bonds. The average Bonchev–Trinajstić information content (AvgIpc) is 0.869. The van der Waals surface area contributed by atoms with E-state index in [4.69, 9.17) is 42.6 Å². The van der Waals surface area contributed by atoms with Crippen molar-refractivity contribution in [2.75, 3.05) is 70.6 Å². The minimum Gasteiger partial charge on any atom is -0.494 e. The predicted octanol–water partition coefficient (Wildman–Crippen LogP) is 23.1. The van der Waals surface area contributed by atoms with Gasteiger partial charge in [-0.15, -0.1) is 0 Å². The van der Waals surface area contributed by atoms with Gasteiger partial charge in [0.25, 0.3) is 0 Å². The van der Waals surface area contributed by atoms with E-state index in [0.717, 1.165) is 153 Å². The number of rotatable bonds is 27. The van der Waals surface area contributed by atoms with Crippen molar-refractivity contribution in [3.63, 3.8) is 0 Å². The molecular formula is C110H127BrN6O11P2. The zero-order valence-electron chi connectivity index (χ0n) is 75.7. The SMILES string of the molecule is C.CC(C)(C)OC(=O)N1CCC[C@H]1COc1cncc(Br)c1.CC(C)(C)OC(=O)N1CCC[C@H]1COc1cncc(N2CCC(CCOc3ccc(OCc4ccccc4)cc3)CC2)c1.CC1(C)c2cccc(P(c3ccccc3)c3ccccc3)c2Oc2c(P(c3ccccc3)c3ccccc3)cccc21.c1ccc(COc2ccc(OCCC3CCNCC3)cc2)cc1. The molecular weight excluding hydrogens is 1720 g/mol. The standard InChI is InChI=1S/C39H32OP2.C35H45N3O5.C20H25NO2.C15H21BrN2O3.CH4/c1-39(2)33-25-15-27-35(41(29-17-7-3-8-18-29)30-19-9-4-10-20-30)37(33)40-38-34(39)26-16-28-36(38)42(31-21-11-5-12-22-31)32-23-13-6-14-24-32;1-35(2,3)43-34(39)38-18-7-10-29(38)26-42-33-22-30(23-36-24-33)37-19-15-27(16-20-37)17-21-40-31-11-13-32(14-12-31)41-25-28-8-5-4-6-9-28;1-2-4-18(5-3-1)16-23-20-8-6-19(7-9-20)22-15-12-17-10-13-21-14-11-17;1-15(2,3)21-14(19)18-6-4-5-12(18)10-20-13-7-11(16)8-17-9-13;/h3-28H,1-2H3;4-6,8-9,11-14,22-24,27,29H,7,10,15-21,25-26H2,1-3H3;1-9,17,21H,10-16H2;7-9,12H,4-6,10H2,1-3H3;1H4/t;29-;;12-;/m.0.0./s1. The number of aromatic nitrogens is 2. The Morgan fingerprint density at radius 1 is 0.423 bits per heavy atom. The maximum Gasteiger partial charge on any atom is 0.410 e. The average molecular weight is 1850 g/mol. The van der Waals surface area contributed by atoms with E-state index in [9.17, 15) is 9.59 Å². The smallest absolute Gasteiger partial charge is 0.410 e. The van der Waals surface area contributed by atoms with Crippen molar-refractivity contribution >= 4 is 81.5 Å². The molecule has 0 saturated carbocycles. The van der Waals surface area contributed by atoms with Crippen LogP contribution in [0.1, 0.15) is 149 Å². The summed E-state index contributed by atoms with van der Waals surface area (Å²) >= 11 is 3.36. The highest BCUT2D eigenvalue weighted by molar-refractivity contribution is 9.10. The van der Waals surface area contributed by atoms with E-state index >= 15 is 0 Å². The number of nitrogens with zero attached hydrogens (tertiary/aromatic N) is 5. The molecule has 5 aliphatic heterocycles. The minimum atomic E-state index is -0.824. The summed E-state index contributed by atoms with van der Waals surface area (Å²) in [6.07, 6.45) is 17.3. The van der Waals surface area contributed by atoms with Gasteiger partial charge in [0, 0.05) is 70.1 Å². The first-order chi connectivity index (χ1) is 62.7. The second-order valence-electron chi connectivity index (χ2n) is 35.7. The second kappa shape index (κ2) is 47.5. The Hall–Kier alpha value is -11.3. The van der Waals surface area contributed by atoms with E-state index in [1.807, 2.05) is 139 Å². The highest BCUT2D eigenvalue weighted by Gasteiger charge is 2.41. The van der Waals surface area contributed by atoms with E-state index < -0.39 is 27.0 Å². The summed E-state index contributed by atoms with van der Waals surface area (Å²) < 4.78 is 54.6. The van der Waals surface area contributed by atoms with Crippen LogP contribution in [0.25, 0.3) is 0 Å². The molecule has 0 unspecified atom stereocenters. The Morgan fingerprint density at radius 3 is 1.18 bits per heavy atom. The number of hydrogen-bond acceptors (Lipinski definition) is 15. The minimum absolute atomic E-state index is 0. The van der Waals surface area contributed by atoms with Crippen LogP contribution in [0.4, 0.5) is 15.3 Å². The summed E-state index contributed by atoms with van der Waals surface area (Å²) in [5.74, 6) is 8.41. The van der Waals surface area contributed by atoms with Gasteiger partial charge in [-0.2, -0.15) is 0 Å². The fraction of sp³-hybridized carbons (Fsp3) is 0.345. The van der Waals surface area contributed by atoms with Gasteiger partial charge in [0.15, 0.2) is 0 Å². The molecule has 0 radical (unpaired) electrons. The zero-order chi connectivity index (χ0) is 89.8. The number of pyridine rings is 2. The first kappa shape index (κ1) is 96.3. The summed E-state index contributed by atoms with van der Waals surface area (Å²) in [6.45, 7) is 25.3. The Bertz CT molecular complexity index is 5230. The van der Waals surface area contributed by atoms with Crippen LogP contribution in [-0.2, 0) is 28.1 Å². The number of benzene rings is 10. The van der Waals surface area contributed by atoms with Gasteiger partial charge in [-0.05, 0) is 249 Å². The number of likely N-dealkylation sites (tertiary alicyclic amines) is 2. The largest absolute Gasteiger partial charge is 0.494 e. The number of anilines is 1. The zero-order valence-corrected chi connectivity index (χ0v) is 79.1. The van der Waals surface area contributed by atoms with Crippen LogP contribution >= 0.6 is 31.8 Å². The number of carbonyl (C=O) groups is 2. The van der Waals surface area contributed by atoms with Crippen LogP contribution in [0, 0.1) is 11.8 Å². The Morgan fingerprint density at radius 2 is 0.792 bits per heavy atom. The summed E-state index contributed by atoms with van der Waals surface area (Å²) in [5, 5.41) is 11.2. The normalized spacial score (nSPS) is 15.8. The molecule has 17 rings (SSSR count). The third-order valence-corrected chi connectivity index (χ3v) is 28.9. The number of amides is 2. The molecule has 7 heterocycles. The van der Waals surface area contributed by atoms with Crippen LogP contribution < -0.4 is 75.2 Å². The highest BCUT2D eigenvalue weighted by atomic mass is 79.9. The first-order valence-corrected chi connectivity index (χ1v) is 49.0. The number of nitrogens with one attached hydrogen (secondary N) is 1. The maximum atomic E-state index is 12.6. The number of carbonyl (C=O) groups excluding carboxylic acids is 2. The molecule has 2 atom stereocenters. The summed E-state index contributed by atoms with van der Waals surface area (Å²) in [5.41, 5.74) is 4.69. The van der Waals surface area contributed by atoms with Gasteiger partial charge in [0.2, 0.25) is 0 Å². The molecule has 0 spiro atoms. The molecule has 2 aromatic heterocycles. The Labute approximate surface area is 781 Å². The van der Waals surface area contributed by atoms with E-state index in [1.165, 1.54) is 61.4 Å². The van der Waals surface area contributed by atoms with Crippen molar-refractivity contribution in [2.24, 2.45) is 11.8 Å². The fourth-order valence-electron chi connectivity index (χ4n) is 16.7. The monoisotopic (exact) mass is 1850 g/mol. The summed E-state index contributed by atoms with van der Waals surface area (Å²) in [7, 11) is -1.65. The van der Waals surface area contributed by atoms with Gasteiger partial charge in [0.05, 0.1) is 49.6 Å². The summed E-state index contributed by atoms with van der Waals surface area (Å²) in [6, 6.07) is 97.3. The molecule has 17 nitrogen and oxygen atoms in total. The molecule has 680 valence electrons. The lowest BCUT2D eigenvalue weighted by Crippen LogP contribution is -2.42. The molecule has 4 fully saturated rings. The number of hydrogen-bond donors (Lipinski definition) is 1. The van der Waals surface area contributed by atoms with E-state index in [0.29, 0.717) is 51.2 Å². The van der Waals surface area contributed by atoms with Crippen LogP contribution in [-0.4, -0.2) is 121 Å². The molecule has 0 bridgehead atoms. The molecule has 5 aliphatic rings. The van der Waals surface area contributed by atoms with E-state index in [2.05, 4.69) is 238 Å². The van der Waals surface area contributed by atoms with E-state index in [-0.39, 0.29) is 37.1 Å². The lowest BCUT2D eigenvalue weighted by molar-refractivity contribution is 0.0177. The van der Waals surface area contributed by atoms with Crippen LogP contribution in [0.15, 0.2) is 308 Å². The number of fused-ring (bicyclic) bond motifs is 2. The topological polar surface area (TPSA) is 165 Å². The molecule has 130 heavy (non-hydrogen) atoms. The van der Waals surface area contributed by atoms with Crippen molar-refractivity contribution in [2.45, 2.75) is 169 Å². The summed E-state index contributed by atoms with van der Waals surface area (Å²) in [4.78, 5) is 39.2. The maximum absolute atomic E-state index is 12.6. The van der Waals surface area contributed by atoms with Crippen LogP contribution in [0.2, 0.25) is 0 Å². The van der Waals surface area contributed by atoms with Crippen molar-refractivity contribution in [1.82, 2.24) is 25.1 Å². The fourth-order valence-corrected chi connectivity index (χ4v) is 21.9. The number of piperidine rings is 2. The van der Waals surface area contributed by atoms with Gasteiger partial charge in [-0.1, -0.05) is 240 Å². The lowest BCUT2D eigenvalue weighted by atomic mass is 9.76. The van der Waals surface area contributed by atoms with Crippen molar-refractivity contribution < 1.29 is 52.2 Å². The lowest BCUT2D eigenvalue weighted by Gasteiger charge is -2.38. The van der Waals surface area contributed by atoms with Gasteiger partial charge < -0.3 is 62.6 Å². The van der Waals surface area contributed by atoms with Crippen molar-refractivity contribution in [3.05, 3.63) is 331 Å². The first-order valence-electron chi connectivity index (χ1n) is 45.5. The molecule has 12 aromatic rings. The molecule has 20 heteroatoms. The second-order valence-corrected chi connectivity index (χ2v) is 41.0. The Kier molecular flexibility index (Phi) is 35.2.